The Hall–Kier alpha value is -2.30. The molecule has 0 saturated carbocycles. The maximum atomic E-state index is 12.3. The molecule has 0 spiro atoms. The van der Waals surface area contributed by atoms with Crippen LogP contribution in [-0.4, -0.2) is 66.2 Å². The predicted octanol–water partition coefficient (Wildman–Crippen LogP) is 1.08. The van der Waals surface area contributed by atoms with E-state index in [2.05, 4.69) is 10.6 Å². The second-order valence-corrected chi connectivity index (χ2v) is 8.03. The summed E-state index contributed by atoms with van der Waals surface area (Å²) >= 11 is 6.82. The van der Waals surface area contributed by atoms with Gasteiger partial charge in [-0.2, -0.15) is 0 Å². The van der Waals surface area contributed by atoms with Gasteiger partial charge in [0.1, 0.15) is 12.6 Å². The number of hydrogen-bond donors (Lipinski definition) is 2. The van der Waals surface area contributed by atoms with Gasteiger partial charge in [-0.05, 0) is 42.6 Å². The molecule has 8 nitrogen and oxygen atoms in total. The summed E-state index contributed by atoms with van der Waals surface area (Å²) in [5, 5.41) is 7.34. The largest absolute Gasteiger partial charge is 0.463 e. The van der Waals surface area contributed by atoms with Gasteiger partial charge in [0.15, 0.2) is 5.11 Å². The number of nitrogens with one attached hydrogen (secondary N) is 2. The Kier molecular flexibility index (Phi) is 7.73. The average molecular weight is 438 g/mol. The van der Waals surface area contributed by atoms with Crippen LogP contribution in [0.5, 0.6) is 0 Å². The summed E-state index contributed by atoms with van der Waals surface area (Å²) in [6, 6.07) is 2.96. The second-order valence-electron chi connectivity index (χ2n) is 6.67. The zero-order valence-electron chi connectivity index (χ0n) is 15.8. The molecule has 0 bridgehead atoms. The fourth-order valence-electron chi connectivity index (χ4n) is 3.10. The Morgan fingerprint density at radius 3 is 3.07 bits per heavy atom. The first-order valence-electron chi connectivity index (χ1n) is 9.41. The number of thiocarbonyl (C=S) groups is 1. The molecule has 3 heterocycles. The van der Waals surface area contributed by atoms with Crippen molar-refractivity contribution in [3.8, 4) is 0 Å². The van der Waals surface area contributed by atoms with Crippen LogP contribution in [0.4, 0.5) is 0 Å². The number of piperazine rings is 1. The summed E-state index contributed by atoms with van der Waals surface area (Å²) in [4.78, 5) is 39.1. The van der Waals surface area contributed by atoms with E-state index < -0.39 is 17.9 Å². The number of carbonyl (C=O) groups is 3. The van der Waals surface area contributed by atoms with Gasteiger partial charge in [0, 0.05) is 30.6 Å². The quantitative estimate of drug-likeness (QED) is 0.390. The van der Waals surface area contributed by atoms with Gasteiger partial charge in [-0.15, -0.1) is 11.3 Å². The van der Waals surface area contributed by atoms with Gasteiger partial charge in [-0.25, -0.2) is 0 Å². The van der Waals surface area contributed by atoms with Gasteiger partial charge < -0.3 is 19.7 Å². The van der Waals surface area contributed by atoms with Gasteiger partial charge in [0.2, 0.25) is 11.8 Å². The standard InChI is InChI=1S/C19H23N3O5S2/c23-16(6-5-14-4-2-10-29-14)21-19(28)22-8-7-20-18(25)15(22)11-17(24)27-12-13-3-1-9-26-13/h2,4-6,10,13,15H,1,3,7-9,11-12H2,(H,20,25)(H,21,23,28)/b6-5+/t13-,15-/m0/s1. The van der Waals surface area contributed by atoms with Gasteiger partial charge in [-0.3, -0.25) is 19.7 Å². The molecule has 2 amide bonds. The molecule has 3 rings (SSSR count). The van der Waals surface area contributed by atoms with Crippen molar-refractivity contribution in [3.63, 3.8) is 0 Å². The van der Waals surface area contributed by atoms with Crippen LogP contribution in [0.1, 0.15) is 24.1 Å². The molecular formula is C19H23N3O5S2. The van der Waals surface area contributed by atoms with Crippen molar-refractivity contribution in [2.75, 3.05) is 26.3 Å². The van der Waals surface area contributed by atoms with E-state index in [0.717, 1.165) is 17.7 Å². The highest BCUT2D eigenvalue weighted by Gasteiger charge is 2.34. The maximum Gasteiger partial charge on any atom is 0.308 e. The fourth-order valence-corrected chi connectivity index (χ4v) is 4.04. The number of thiophene rings is 1. The molecule has 2 N–H and O–H groups in total. The molecule has 2 aliphatic rings. The van der Waals surface area contributed by atoms with Gasteiger partial charge in [0.25, 0.3) is 0 Å². The molecule has 10 heteroatoms. The Bertz CT molecular complexity index is 775. The van der Waals surface area contributed by atoms with Crippen LogP contribution < -0.4 is 10.6 Å². The normalized spacial score (nSPS) is 21.8. The maximum absolute atomic E-state index is 12.3. The molecule has 0 radical (unpaired) electrons. The third-order valence-corrected chi connectivity index (χ3v) is 5.75. The smallest absolute Gasteiger partial charge is 0.308 e. The van der Waals surface area contributed by atoms with Crippen LogP contribution in [-0.2, 0) is 23.9 Å². The number of carbonyl (C=O) groups excluding carboxylic acids is 3. The highest BCUT2D eigenvalue weighted by Crippen LogP contribution is 2.14. The number of ether oxygens (including phenoxy) is 2. The van der Waals surface area contributed by atoms with E-state index in [4.69, 9.17) is 21.7 Å². The molecule has 0 aromatic carbocycles. The zero-order valence-corrected chi connectivity index (χ0v) is 17.4. The lowest BCUT2D eigenvalue weighted by atomic mass is 10.1. The summed E-state index contributed by atoms with van der Waals surface area (Å²) in [7, 11) is 0. The molecule has 2 aliphatic heterocycles. The summed E-state index contributed by atoms with van der Waals surface area (Å²) in [6.45, 7) is 1.63. The van der Waals surface area contributed by atoms with E-state index in [9.17, 15) is 14.4 Å². The van der Waals surface area contributed by atoms with Gasteiger partial charge in [-0.1, -0.05) is 6.07 Å². The molecular weight excluding hydrogens is 414 g/mol. The van der Waals surface area contributed by atoms with Crippen LogP contribution in [0.3, 0.4) is 0 Å². The lowest BCUT2D eigenvalue weighted by Gasteiger charge is -2.36. The first kappa shape index (κ1) is 21.4. The van der Waals surface area contributed by atoms with Crippen molar-refractivity contribution in [1.29, 1.82) is 0 Å². The monoisotopic (exact) mass is 437 g/mol. The first-order valence-corrected chi connectivity index (χ1v) is 10.7. The van der Waals surface area contributed by atoms with Crippen molar-refractivity contribution in [2.24, 2.45) is 0 Å². The van der Waals surface area contributed by atoms with Gasteiger partial charge >= 0.3 is 5.97 Å². The zero-order chi connectivity index (χ0) is 20.6. The number of rotatable bonds is 6. The fraction of sp³-hybridized carbons (Fsp3) is 0.474. The minimum Gasteiger partial charge on any atom is -0.463 e. The van der Waals surface area contributed by atoms with Crippen molar-refractivity contribution in [1.82, 2.24) is 15.5 Å². The van der Waals surface area contributed by atoms with Crippen LogP contribution in [0.25, 0.3) is 6.08 Å². The number of hydrogen-bond acceptors (Lipinski definition) is 7. The van der Waals surface area contributed by atoms with E-state index in [1.54, 1.807) is 11.0 Å². The van der Waals surface area contributed by atoms with Crippen molar-refractivity contribution < 1.29 is 23.9 Å². The van der Waals surface area contributed by atoms with Crippen LogP contribution >= 0.6 is 23.6 Å². The third-order valence-electron chi connectivity index (χ3n) is 4.58. The predicted molar refractivity (Wildman–Crippen MR) is 112 cm³/mol. The van der Waals surface area contributed by atoms with Crippen molar-refractivity contribution >= 4 is 52.5 Å². The third kappa shape index (κ3) is 6.34. The van der Waals surface area contributed by atoms with Crippen LogP contribution in [0.2, 0.25) is 0 Å². The summed E-state index contributed by atoms with van der Waals surface area (Å²) in [6.07, 6.45) is 4.65. The van der Waals surface area contributed by atoms with Gasteiger partial charge in [0.05, 0.1) is 12.5 Å². The number of nitrogens with zero attached hydrogens (tertiary/aromatic N) is 1. The van der Waals surface area contributed by atoms with Crippen molar-refractivity contribution in [2.45, 2.75) is 31.4 Å². The van der Waals surface area contributed by atoms with E-state index in [1.807, 2.05) is 17.5 Å². The van der Waals surface area contributed by atoms with Crippen LogP contribution in [0.15, 0.2) is 23.6 Å². The van der Waals surface area contributed by atoms with E-state index >= 15 is 0 Å². The lowest BCUT2D eigenvalue weighted by Crippen LogP contribution is -2.60. The lowest BCUT2D eigenvalue weighted by molar-refractivity contribution is -0.150. The molecule has 29 heavy (non-hydrogen) atoms. The molecule has 1 aromatic heterocycles. The minimum absolute atomic E-state index is 0.0780. The summed E-state index contributed by atoms with van der Waals surface area (Å²) < 4.78 is 10.7. The molecule has 156 valence electrons. The van der Waals surface area contributed by atoms with E-state index in [0.29, 0.717) is 19.7 Å². The topological polar surface area (TPSA) is 97.0 Å². The minimum atomic E-state index is -0.824. The SMILES string of the molecule is O=C(/C=C/c1cccs1)NC(=S)N1CCNC(=O)[C@@H]1CC(=O)OC[C@@H]1CCCO1. The molecule has 0 aliphatic carbocycles. The molecule has 0 unspecified atom stereocenters. The molecule has 2 saturated heterocycles. The summed E-state index contributed by atoms with van der Waals surface area (Å²) in [5.41, 5.74) is 0. The summed E-state index contributed by atoms with van der Waals surface area (Å²) in [5.74, 6) is -1.22. The average Bonchev–Trinajstić information content (AvgIpc) is 3.40. The first-order chi connectivity index (χ1) is 14.0. The molecule has 2 fully saturated rings. The number of esters is 1. The van der Waals surface area contributed by atoms with E-state index in [-0.39, 0.29) is 30.2 Å². The Balaban J connectivity index is 1.53. The molecule has 1 aromatic rings. The van der Waals surface area contributed by atoms with Crippen molar-refractivity contribution in [3.05, 3.63) is 28.5 Å². The number of amides is 2. The highest BCUT2D eigenvalue weighted by molar-refractivity contribution is 7.80. The van der Waals surface area contributed by atoms with E-state index in [1.165, 1.54) is 17.4 Å². The second kappa shape index (κ2) is 10.5. The van der Waals surface area contributed by atoms with Crippen LogP contribution in [0, 0.1) is 0 Å². The Morgan fingerprint density at radius 1 is 1.48 bits per heavy atom. The highest BCUT2D eigenvalue weighted by atomic mass is 32.1. The molecule has 2 atom stereocenters. The Labute approximate surface area is 178 Å². The Morgan fingerprint density at radius 2 is 2.34 bits per heavy atom.